The Balaban J connectivity index is 2.29. The summed E-state index contributed by atoms with van der Waals surface area (Å²) in [6, 6.07) is 10.3. The molecular formula is C19H31N3O2. The van der Waals surface area contributed by atoms with E-state index in [4.69, 9.17) is 4.84 Å². The second-order valence-electron chi connectivity index (χ2n) is 7.54. The average Bonchev–Trinajstić information content (AvgIpc) is 2.78. The molecule has 1 N–H and O–H groups in total. The van der Waals surface area contributed by atoms with Gasteiger partial charge in [-0.1, -0.05) is 44.2 Å². The molecule has 1 heterocycles. The number of nitrogens with zero attached hydrogens (tertiary/aromatic N) is 3. The van der Waals surface area contributed by atoms with Gasteiger partial charge in [0.25, 0.3) is 0 Å². The van der Waals surface area contributed by atoms with E-state index in [1.165, 1.54) is 5.56 Å². The fourth-order valence-electron chi connectivity index (χ4n) is 3.89. The van der Waals surface area contributed by atoms with Crippen LogP contribution in [-0.2, 0) is 11.4 Å². The first kappa shape index (κ1) is 19.0. The highest BCUT2D eigenvalue weighted by atomic mass is 16.7. The fourth-order valence-corrected chi connectivity index (χ4v) is 3.89. The van der Waals surface area contributed by atoms with Crippen LogP contribution >= 0.6 is 0 Å². The SMILES string of the molecule is CN=NCC1(C)C[C@@](CCO)(CC(C)C)N(Cc2ccccc2)O1. The van der Waals surface area contributed by atoms with Gasteiger partial charge in [-0.25, -0.2) is 0 Å². The number of azo groups is 1. The summed E-state index contributed by atoms with van der Waals surface area (Å²) in [7, 11) is 1.69. The number of rotatable bonds is 8. The maximum absolute atomic E-state index is 9.71. The molecular weight excluding hydrogens is 302 g/mol. The highest BCUT2D eigenvalue weighted by molar-refractivity contribution is 5.15. The van der Waals surface area contributed by atoms with E-state index < -0.39 is 0 Å². The summed E-state index contributed by atoms with van der Waals surface area (Å²) < 4.78 is 0. The quantitative estimate of drug-likeness (QED) is 0.736. The van der Waals surface area contributed by atoms with E-state index in [1.807, 2.05) is 18.2 Å². The van der Waals surface area contributed by atoms with E-state index in [9.17, 15) is 5.11 Å². The molecule has 1 aliphatic rings. The first-order valence-corrected chi connectivity index (χ1v) is 8.80. The number of hydrogen-bond donors (Lipinski definition) is 1. The summed E-state index contributed by atoms with van der Waals surface area (Å²) in [5, 5.41) is 19.9. The molecule has 1 aromatic rings. The zero-order chi connectivity index (χ0) is 17.6. The lowest BCUT2D eigenvalue weighted by atomic mass is 9.78. The first-order valence-electron chi connectivity index (χ1n) is 8.80. The van der Waals surface area contributed by atoms with Crippen molar-refractivity contribution in [3.05, 3.63) is 35.9 Å². The summed E-state index contributed by atoms with van der Waals surface area (Å²) in [6.45, 7) is 7.96. The van der Waals surface area contributed by atoms with Crippen molar-refractivity contribution < 1.29 is 9.94 Å². The van der Waals surface area contributed by atoms with Crippen molar-refractivity contribution in [3.63, 3.8) is 0 Å². The number of aliphatic hydroxyl groups is 1. The first-order chi connectivity index (χ1) is 11.4. The second-order valence-corrected chi connectivity index (χ2v) is 7.54. The van der Waals surface area contributed by atoms with Crippen molar-refractivity contribution in [2.24, 2.45) is 16.1 Å². The Kier molecular flexibility index (Phi) is 6.49. The summed E-state index contributed by atoms with van der Waals surface area (Å²) in [5.41, 5.74) is 0.666. The molecule has 5 heteroatoms. The van der Waals surface area contributed by atoms with Gasteiger partial charge in [0.05, 0.1) is 12.1 Å². The summed E-state index contributed by atoms with van der Waals surface area (Å²) in [4.78, 5) is 6.39. The van der Waals surface area contributed by atoms with E-state index in [2.05, 4.69) is 48.2 Å². The lowest BCUT2D eigenvalue weighted by Gasteiger charge is -2.37. The van der Waals surface area contributed by atoms with E-state index in [0.717, 1.165) is 12.8 Å². The highest BCUT2D eigenvalue weighted by Gasteiger charge is 2.52. The largest absolute Gasteiger partial charge is 0.396 e. The predicted octanol–water partition coefficient (Wildman–Crippen LogP) is 3.83. The standard InChI is InChI=1S/C19H31N3O2/c1-16(2)12-19(10-11-23)14-18(3,15-21-20-4)24-22(19)13-17-8-6-5-7-9-17/h5-9,16,23H,10-15H2,1-4H3/t18?,19-/m1/s1. The molecule has 5 nitrogen and oxygen atoms in total. The molecule has 1 saturated heterocycles. The molecule has 2 rings (SSSR count). The number of aliphatic hydroxyl groups excluding tert-OH is 1. The van der Waals surface area contributed by atoms with Crippen LogP contribution in [0.25, 0.3) is 0 Å². The molecule has 2 atom stereocenters. The third-order valence-electron chi connectivity index (χ3n) is 4.64. The molecule has 0 bridgehead atoms. The zero-order valence-electron chi connectivity index (χ0n) is 15.4. The molecule has 0 saturated carbocycles. The maximum atomic E-state index is 9.71. The van der Waals surface area contributed by atoms with Gasteiger partial charge in [0.1, 0.15) is 5.60 Å². The van der Waals surface area contributed by atoms with Gasteiger partial charge in [0.15, 0.2) is 0 Å². The summed E-state index contributed by atoms with van der Waals surface area (Å²) >= 11 is 0. The van der Waals surface area contributed by atoms with Crippen LogP contribution in [0, 0.1) is 5.92 Å². The minimum atomic E-state index is -0.377. The van der Waals surface area contributed by atoms with E-state index >= 15 is 0 Å². The molecule has 0 spiro atoms. The maximum Gasteiger partial charge on any atom is 0.110 e. The van der Waals surface area contributed by atoms with E-state index in [1.54, 1.807) is 7.05 Å². The van der Waals surface area contributed by atoms with Gasteiger partial charge < -0.3 is 5.11 Å². The Morgan fingerprint density at radius 2 is 2.00 bits per heavy atom. The fraction of sp³-hybridized carbons (Fsp3) is 0.684. The molecule has 1 aromatic carbocycles. The minimum absolute atomic E-state index is 0.159. The Bertz CT molecular complexity index is 535. The number of benzene rings is 1. The Hall–Kier alpha value is -1.30. The van der Waals surface area contributed by atoms with Crippen molar-refractivity contribution in [2.45, 2.75) is 57.7 Å². The van der Waals surface area contributed by atoms with Crippen molar-refractivity contribution in [1.82, 2.24) is 5.06 Å². The lowest BCUT2D eigenvalue weighted by Crippen LogP contribution is -2.44. The smallest absolute Gasteiger partial charge is 0.110 e. The normalized spacial score (nSPS) is 28.2. The van der Waals surface area contributed by atoms with Crippen molar-refractivity contribution >= 4 is 0 Å². The number of hydroxylamine groups is 2. The van der Waals surface area contributed by atoms with Gasteiger partial charge in [0, 0.05) is 26.6 Å². The van der Waals surface area contributed by atoms with Crippen LogP contribution in [0.5, 0.6) is 0 Å². The summed E-state index contributed by atoms with van der Waals surface area (Å²) in [5.74, 6) is 0.522. The average molecular weight is 333 g/mol. The van der Waals surface area contributed by atoms with Crippen molar-refractivity contribution in [2.75, 3.05) is 20.2 Å². The van der Waals surface area contributed by atoms with Crippen LogP contribution in [0.15, 0.2) is 40.6 Å². The molecule has 134 valence electrons. The van der Waals surface area contributed by atoms with Crippen LogP contribution in [0.3, 0.4) is 0 Å². The van der Waals surface area contributed by atoms with Crippen LogP contribution < -0.4 is 0 Å². The van der Waals surface area contributed by atoms with Crippen molar-refractivity contribution in [3.8, 4) is 0 Å². The molecule has 1 unspecified atom stereocenters. The van der Waals surface area contributed by atoms with Gasteiger partial charge in [-0.3, -0.25) is 4.84 Å². The zero-order valence-corrected chi connectivity index (χ0v) is 15.4. The lowest BCUT2D eigenvalue weighted by molar-refractivity contribution is -0.226. The number of hydrogen-bond acceptors (Lipinski definition) is 5. The monoisotopic (exact) mass is 333 g/mol. The van der Waals surface area contributed by atoms with Gasteiger partial charge in [-0.05, 0) is 31.2 Å². The third-order valence-corrected chi connectivity index (χ3v) is 4.64. The Labute approximate surface area is 145 Å². The van der Waals surface area contributed by atoms with Gasteiger partial charge in [-0.2, -0.15) is 15.3 Å². The van der Waals surface area contributed by atoms with Crippen LogP contribution in [0.4, 0.5) is 0 Å². The van der Waals surface area contributed by atoms with Gasteiger partial charge in [0.2, 0.25) is 0 Å². The third kappa shape index (κ3) is 4.62. The van der Waals surface area contributed by atoms with Gasteiger partial charge >= 0.3 is 0 Å². The molecule has 1 fully saturated rings. The topological polar surface area (TPSA) is 57.4 Å². The highest BCUT2D eigenvalue weighted by Crippen LogP contribution is 2.45. The molecule has 0 aromatic heterocycles. The summed E-state index contributed by atoms with van der Waals surface area (Å²) in [6.07, 6.45) is 2.54. The molecule has 24 heavy (non-hydrogen) atoms. The van der Waals surface area contributed by atoms with Crippen LogP contribution in [-0.4, -0.2) is 41.5 Å². The van der Waals surface area contributed by atoms with Crippen LogP contribution in [0.2, 0.25) is 0 Å². The minimum Gasteiger partial charge on any atom is -0.396 e. The van der Waals surface area contributed by atoms with Crippen molar-refractivity contribution in [1.29, 1.82) is 0 Å². The molecule has 0 amide bonds. The molecule has 0 radical (unpaired) electrons. The van der Waals surface area contributed by atoms with Crippen LogP contribution in [0.1, 0.15) is 45.6 Å². The molecule has 1 aliphatic heterocycles. The second kappa shape index (κ2) is 8.19. The Morgan fingerprint density at radius 3 is 2.58 bits per heavy atom. The predicted molar refractivity (Wildman–Crippen MR) is 95.6 cm³/mol. The van der Waals surface area contributed by atoms with Gasteiger partial charge in [-0.15, -0.1) is 0 Å². The van der Waals surface area contributed by atoms with E-state index in [0.29, 0.717) is 25.4 Å². The Morgan fingerprint density at radius 1 is 1.29 bits per heavy atom. The van der Waals surface area contributed by atoms with E-state index in [-0.39, 0.29) is 17.7 Å². The molecule has 0 aliphatic carbocycles.